The van der Waals surface area contributed by atoms with Gasteiger partial charge in [-0.3, -0.25) is 10.1 Å². The molecule has 3 nitrogen and oxygen atoms in total. The maximum atomic E-state index is 11.2. The first kappa shape index (κ1) is 9.49. The van der Waals surface area contributed by atoms with Crippen molar-refractivity contribution in [2.75, 3.05) is 6.54 Å². The van der Waals surface area contributed by atoms with E-state index in [1.54, 1.807) is 0 Å². The van der Waals surface area contributed by atoms with E-state index in [9.17, 15) is 4.79 Å². The normalized spacial score (nSPS) is 21.8. The molecule has 0 radical (unpaired) electrons. The highest BCUT2D eigenvalue weighted by molar-refractivity contribution is 6.31. The van der Waals surface area contributed by atoms with E-state index in [0.717, 1.165) is 5.56 Å². The Kier molecular flexibility index (Phi) is 2.70. The summed E-state index contributed by atoms with van der Waals surface area (Å²) in [5.41, 5.74) is 0.919. The Morgan fingerprint density at radius 1 is 1.36 bits per heavy atom. The fourth-order valence-corrected chi connectivity index (χ4v) is 1.76. The Hall–Kier alpha value is -1.06. The van der Waals surface area contributed by atoms with Crippen LogP contribution in [0.2, 0.25) is 5.02 Å². The minimum atomic E-state index is -0.148. The second-order valence-electron chi connectivity index (χ2n) is 3.23. The number of halogens is 1. The molecule has 1 aliphatic heterocycles. The number of hydrogen-bond donors (Lipinski definition) is 2. The van der Waals surface area contributed by atoms with Crippen LogP contribution in [0.4, 0.5) is 0 Å². The van der Waals surface area contributed by atoms with Crippen molar-refractivity contribution >= 4 is 17.5 Å². The van der Waals surface area contributed by atoms with Crippen molar-refractivity contribution in [2.24, 2.45) is 0 Å². The summed E-state index contributed by atoms with van der Waals surface area (Å²) in [6, 6.07) is 7.51. The molecule has 1 aromatic rings. The van der Waals surface area contributed by atoms with Crippen LogP contribution in [0.15, 0.2) is 24.3 Å². The van der Waals surface area contributed by atoms with E-state index in [4.69, 9.17) is 11.6 Å². The zero-order valence-electron chi connectivity index (χ0n) is 7.59. The van der Waals surface area contributed by atoms with Crippen molar-refractivity contribution in [1.29, 1.82) is 0 Å². The number of amides is 1. The fourth-order valence-electron chi connectivity index (χ4n) is 1.51. The molecule has 74 valence electrons. The standard InChI is InChI=1S/C10H11ClN2O/c11-8-4-2-1-3-7(8)10-12-6-5-9(14)13-10/h1-4,10,12H,5-6H2,(H,13,14)/t10-/m1/s1. The fraction of sp³-hybridized carbons (Fsp3) is 0.300. The Labute approximate surface area is 87.4 Å². The Bertz CT molecular complexity index is 354. The summed E-state index contributed by atoms with van der Waals surface area (Å²) in [6.07, 6.45) is 0.381. The lowest BCUT2D eigenvalue weighted by molar-refractivity contribution is -0.123. The molecular formula is C10H11ClN2O. The summed E-state index contributed by atoms with van der Waals surface area (Å²) in [4.78, 5) is 11.2. The number of rotatable bonds is 1. The largest absolute Gasteiger partial charge is 0.337 e. The van der Waals surface area contributed by atoms with Crippen molar-refractivity contribution in [1.82, 2.24) is 10.6 Å². The summed E-state index contributed by atoms with van der Waals surface area (Å²) in [5.74, 6) is 0.0636. The number of benzene rings is 1. The molecule has 0 unspecified atom stereocenters. The topological polar surface area (TPSA) is 41.1 Å². The lowest BCUT2D eigenvalue weighted by Crippen LogP contribution is -2.44. The monoisotopic (exact) mass is 210 g/mol. The first-order valence-electron chi connectivity index (χ1n) is 4.54. The van der Waals surface area contributed by atoms with Crippen LogP contribution in [0.3, 0.4) is 0 Å². The van der Waals surface area contributed by atoms with Crippen LogP contribution in [0, 0.1) is 0 Å². The first-order valence-corrected chi connectivity index (χ1v) is 4.92. The van der Waals surface area contributed by atoms with Crippen molar-refractivity contribution in [3.05, 3.63) is 34.9 Å². The van der Waals surface area contributed by atoms with E-state index in [0.29, 0.717) is 18.0 Å². The number of carbonyl (C=O) groups excluding carboxylic acids is 1. The summed E-state index contributed by atoms with van der Waals surface area (Å²) < 4.78 is 0. The smallest absolute Gasteiger partial charge is 0.222 e. The van der Waals surface area contributed by atoms with Gasteiger partial charge in [-0.15, -0.1) is 0 Å². The van der Waals surface area contributed by atoms with Crippen LogP contribution in [-0.2, 0) is 4.79 Å². The van der Waals surface area contributed by atoms with Crippen molar-refractivity contribution in [3.8, 4) is 0 Å². The van der Waals surface area contributed by atoms with Crippen LogP contribution >= 0.6 is 11.6 Å². The molecule has 1 atom stereocenters. The number of hydrogen-bond acceptors (Lipinski definition) is 2. The highest BCUT2D eigenvalue weighted by atomic mass is 35.5. The van der Waals surface area contributed by atoms with Gasteiger partial charge in [0, 0.05) is 23.6 Å². The molecular weight excluding hydrogens is 200 g/mol. The maximum absolute atomic E-state index is 11.2. The molecule has 0 aromatic heterocycles. The van der Waals surface area contributed by atoms with Crippen LogP contribution in [0.5, 0.6) is 0 Å². The molecule has 1 heterocycles. The summed E-state index contributed by atoms with van der Waals surface area (Å²) >= 11 is 6.01. The molecule has 0 aliphatic carbocycles. The van der Waals surface area contributed by atoms with Gasteiger partial charge in [0.05, 0.1) is 0 Å². The minimum Gasteiger partial charge on any atom is -0.337 e. The van der Waals surface area contributed by atoms with Crippen LogP contribution in [0.25, 0.3) is 0 Å². The summed E-state index contributed by atoms with van der Waals surface area (Å²) in [7, 11) is 0. The van der Waals surface area contributed by atoms with Gasteiger partial charge in [0.15, 0.2) is 0 Å². The van der Waals surface area contributed by atoms with E-state index in [1.807, 2.05) is 24.3 Å². The zero-order valence-corrected chi connectivity index (χ0v) is 8.34. The SMILES string of the molecule is O=C1CCN[C@@H](c2ccccc2Cl)N1. The van der Waals surface area contributed by atoms with Crippen LogP contribution in [0.1, 0.15) is 18.2 Å². The molecule has 1 aliphatic rings. The van der Waals surface area contributed by atoms with Gasteiger partial charge in [0.25, 0.3) is 0 Å². The molecule has 2 N–H and O–H groups in total. The quantitative estimate of drug-likeness (QED) is 0.737. The highest BCUT2D eigenvalue weighted by Crippen LogP contribution is 2.21. The Morgan fingerprint density at radius 2 is 2.14 bits per heavy atom. The molecule has 0 saturated carbocycles. The predicted molar refractivity (Wildman–Crippen MR) is 55.0 cm³/mol. The Balaban J connectivity index is 2.22. The van der Waals surface area contributed by atoms with Gasteiger partial charge in [-0.2, -0.15) is 0 Å². The van der Waals surface area contributed by atoms with E-state index < -0.39 is 0 Å². The number of nitrogens with one attached hydrogen (secondary N) is 2. The number of carbonyl (C=O) groups is 1. The summed E-state index contributed by atoms with van der Waals surface area (Å²) in [5, 5.41) is 6.70. The zero-order chi connectivity index (χ0) is 9.97. The van der Waals surface area contributed by atoms with Crippen LogP contribution in [-0.4, -0.2) is 12.5 Å². The van der Waals surface area contributed by atoms with Gasteiger partial charge >= 0.3 is 0 Å². The van der Waals surface area contributed by atoms with E-state index in [-0.39, 0.29) is 12.1 Å². The second kappa shape index (κ2) is 3.98. The molecule has 4 heteroatoms. The molecule has 0 spiro atoms. The van der Waals surface area contributed by atoms with Gasteiger partial charge in [0.1, 0.15) is 6.17 Å². The summed E-state index contributed by atoms with van der Waals surface area (Å²) in [6.45, 7) is 0.696. The lowest BCUT2D eigenvalue weighted by atomic mass is 10.1. The molecule has 1 aromatic carbocycles. The Morgan fingerprint density at radius 3 is 2.86 bits per heavy atom. The van der Waals surface area contributed by atoms with Crippen molar-refractivity contribution in [3.63, 3.8) is 0 Å². The molecule has 14 heavy (non-hydrogen) atoms. The molecule has 1 fully saturated rings. The molecule has 1 amide bonds. The lowest BCUT2D eigenvalue weighted by Gasteiger charge is -2.25. The van der Waals surface area contributed by atoms with E-state index in [1.165, 1.54) is 0 Å². The minimum absolute atomic E-state index is 0.0636. The second-order valence-corrected chi connectivity index (χ2v) is 3.63. The van der Waals surface area contributed by atoms with Crippen LogP contribution < -0.4 is 10.6 Å². The molecule has 1 saturated heterocycles. The van der Waals surface area contributed by atoms with Gasteiger partial charge < -0.3 is 5.32 Å². The van der Waals surface area contributed by atoms with E-state index >= 15 is 0 Å². The highest BCUT2D eigenvalue weighted by Gasteiger charge is 2.20. The van der Waals surface area contributed by atoms with E-state index in [2.05, 4.69) is 10.6 Å². The van der Waals surface area contributed by atoms with Crippen molar-refractivity contribution in [2.45, 2.75) is 12.6 Å². The van der Waals surface area contributed by atoms with Gasteiger partial charge in [-0.1, -0.05) is 29.8 Å². The molecule has 2 rings (SSSR count). The van der Waals surface area contributed by atoms with Crippen molar-refractivity contribution < 1.29 is 4.79 Å². The third-order valence-corrected chi connectivity index (χ3v) is 2.57. The van der Waals surface area contributed by atoms with Gasteiger partial charge in [-0.25, -0.2) is 0 Å². The molecule has 0 bridgehead atoms. The average Bonchev–Trinajstić information content (AvgIpc) is 2.18. The third-order valence-electron chi connectivity index (χ3n) is 2.22. The van der Waals surface area contributed by atoms with Gasteiger partial charge in [0.2, 0.25) is 5.91 Å². The predicted octanol–water partition coefficient (Wildman–Crippen LogP) is 1.45. The third kappa shape index (κ3) is 1.89. The first-order chi connectivity index (χ1) is 6.77. The maximum Gasteiger partial charge on any atom is 0.222 e. The average molecular weight is 211 g/mol. The van der Waals surface area contributed by atoms with Gasteiger partial charge in [-0.05, 0) is 6.07 Å².